The summed E-state index contributed by atoms with van der Waals surface area (Å²) in [6.45, 7) is 0.753. The zero-order valence-corrected chi connectivity index (χ0v) is 7.95. The van der Waals surface area contributed by atoms with E-state index in [1.807, 2.05) is 18.2 Å². The number of hydrogen-bond donors (Lipinski definition) is 0. The third-order valence-electron chi connectivity index (χ3n) is 2.35. The van der Waals surface area contributed by atoms with Gasteiger partial charge in [-0.15, -0.1) is 0 Å². The minimum absolute atomic E-state index is 0.0322. The molecule has 0 saturated carbocycles. The minimum Gasteiger partial charge on any atom is -0.374 e. The van der Waals surface area contributed by atoms with Gasteiger partial charge in [-0.05, 0) is 18.9 Å². The van der Waals surface area contributed by atoms with Gasteiger partial charge in [-0.1, -0.05) is 30.3 Å². The third kappa shape index (κ3) is 2.20. The van der Waals surface area contributed by atoms with Gasteiger partial charge in [0.1, 0.15) is 5.83 Å². The first-order chi connectivity index (χ1) is 6.86. The van der Waals surface area contributed by atoms with E-state index in [4.69, 9.17) is 4.74 Å². The van der Waals surface area contributed by atoms with Gasteiger partial charge in [-0.3, -0.25) is 0 Å². The van der Waals surface area contributed by atoms with E-state index < -0.39 is 0 Å². The number of rotatable bonds is 2. The van der Waals surface area contributed by atoms with E-state index in [0.717, 1.165) is 19.4 Å². The molecule has 1 heterocycles. The number of halogens is 1. The van der Waals surface area contributed by atoms with Crippen molar-refractivity contribution < 1.29 is 9.13 Å². The van der Waals surface area contributed by atoms with Crippen molar-refractivity contribution in [3.8, 4) is 0 Å². The Balaban J connectivity index is 2.10. The molecule has 0 bridgehead atoms. The first-order valence-electron chi connectivity index (χ1n) is 4.90. The van der Waals surface area contributed by atoms with Gasteiger partial charge in [0.15, 0.2) is 0 Å². The minimum atomic E-state index is -0.183. The van der Waals surface area contributed by atoms with Crippen LogP contribution in [0.25, 0.3) is 5.83 Å². The molecule has 1 atom stereocenters. The molecule has 74 valence electrons. The predicted molar refractivity (Wildman–Crippen MR) is 54.5 cm³/mol. The topological polar surface area (TPSA) is 9.23 Å². The standard InChI is InChI=1S/C12H13FO/c13-12(9-11-7-4-8-14-11)10-5-2-1-3-6-10/h1-3,5-6,9,11H,4,7-8H2/b12-9-. The molecule has 0 aliphatic carbocycles. The van der Waals surface area contributed by atoms with E-state index in [2.05, 4.69) is 0 Å². The van der Waals surface area contributed by atoms with E-state index >= 15 is 0 Å². The van der Waals surface area contributed by atoms with Crippen LogP contribution in [0.15, 0.2) is 36.4 Å². The van der Waals surface area contributed by atoms with Crippen molar-refractivity contribution in [1.82, 2.24) is 0 Å². The summed E-state index contributed by atoms with van der Waals surface area (Å²) >= 11 is 0. The molecule has 1 saturated heterocycles. The van der Waals surface area contributed by atoms with Gasteiger partial charge in [0, 0.05) is 12.2 Å². The van der Waals surface area contributed by atoms with Crippen LogP contribution >= 0.6 is 0 Å². The predicted octanol–water partition coefficient (Wildman–Crippen LogP) is 3.18. The number of benzene rings is 1. The Bertz CT molecular complexity index is 312. The molecule has 0 N–H and O–H groups in total. The van der Waals surface area contributed by atoms with Crippen molar-refractivity contribution in [2.45, 2.75) is 18.9 Å². The smallest absolute Gasteiger partial charge is 0.129 e. The quantitative estimate of drug-likeness (QED) is 0.699. The summed E-state index contributed by atoms with van der Waals surface area (Å²) in [7, 11) is 0. The Morgan fingerprint density at radius 3 is 2.79 bits per heavy atom. The summed E-state index contributed by atoms with van der Waals surface area (Å²) in [5.41, 5.74) is 0.628. The molecule has 0 radical (unpaired) electrons. The fourth-order valence-electron chi connectivity index (χ4n) is 1.59. The highest BCUT2D eigenvalue weighted by atomic mass is 19.1. The zero-order valence-electron chi connectivity index (χ0n) is 7.95. The van der Waals surface area contributed by atoms with Crippen LogP contribution in [0, 0.1) is 0 Å². The van der Waals surface area contributed by atoms with Crippen LogP contribution in [0.1, 0.15) is 18.4 Å². The van der Waals surface area contributed by atoms with Gasteiger partial charge in [-0.2, -0.15) is 0 Å². The normalized spacial score (nSPS) is 22.6. The second-order valence-electron chi connectivity index (χ2n) is 3.43. The molecular weight excluding hydrogens is 179 g/mol. The Labute approximate surface area is 83.2 Å². The van der Waals surface area contributed by atoms with E-state index in [-0.39, 0.29) is 11.9 Å². The lowest BCUT2D eigenvalue weighted by Crippen LogP contribution is -1.99. The van der Waals surface area contributed by atoms with Crippen LogP contribution in [0.3, 0.4) is 0 Å². The molecule has 1 fully saturated rings. The highest BCUT2D eigenvalue weighted by Crippen LogP contribution is 2.21. The number of ether oxygens (including phenoxy) is 1. The lowest BCUT2D eigenvalue weighted by Gasteiger charge is -2.03. The summed E-state index contributed by atoms with van der Waals surface area (Å²) in [5.74, 6) is -0.183. The first-order valence-corrected chi connectivity index (χ1v) is 4.90. The first kappa shape index (κ1) is 9.41. The Hall–Kier alpha value is -1.15. The van der Waals surface area contributed by atoms with Crippen LogP contribution in [-0.4, -0.2) is 12.7 Å². The van der Waals surface area contributed by atoms with Crippen LogP contribution in [0.2, 0.25) is 0 Å². The van der Waals surface area contributed by atoms with E-state index in [0.29, 0.717) is 5.56 Å². The maximum absolute atomic E-state index is 13.6. The molecule has 1 aromatic carbocycles. The summed E-state index contributed by atoms with van der Waals surface area (Å²) < 4.78 is 18.9. The molecule has 1 unspecified atom stereocenters. The molecule has 1 aliphatic heterocycles. The average molecular weight is 192 g/mol. The maximum atomic E-state index is 13.6. The molecule has 0 spiro atoms. The number of hydrogen-bond acceptors (Lipinski definition) is 1. The highest BCUT2D eigenvalue weighted by Gasteiger charge is 2.14. The Morgan fingerprint density at radius 1 is 1.36 bits per heavy atom. The second kappa shape index (κ2) is 4.38. The molecule has 1 aromatic rings. The Morgan fingerprint density at radius 2 is 2.14 bits per heavy atom. The monoisotopic (exact) mass is 192 g/mol. The molecule has 14 heavy (non-hydrogen) atoms. The van der Waals surface area contributed by atoms with Gasteiger partial charge in [-0.25, -0.2) is 4.39 Å². The zero-order chi connectivity index (χ0) is 9.80. The fraction of sp³-hybridized carbons (Fsp3) is 0.333. The molecule has 0 aromatic heterocycles. The van der Waals surface area contributed by atoms with E-state index in [9.17, 15) is 4.39 Å². The van der Waals surface area contributed by atoms with Crippen LogP contribution < -0.4 is 0 Å². The van der Waals surface area contributed by atoms with E-state index in [1.54, 1.807) is 18.2 Å². The van der Waals surface area contributed by atoms with Gasteiger partial charge >= 0.3 is 0 Å². The summed E-state index contributed by atoms with van der Waals surface area (Å²) in [4.78, 5) is 0. The fourth-order valence-corrected chi connectivity index (χ4v) is 1.59. The van der Waals surface area contributed by atoms with Gasteiger partial charge in [0.25, 0.3) is 0 Å². The Kier molecular flexibility index (Phi) is 2.94. The van der Waals surface area contributed by atoms with Crippen molar-refractivity contribution in [3.05, 3.63) is 42.0 Å². The van der Waals surface area contributed by atoms with Crippen molar-refractivity contribution in [2.24, 2.45) is 0 Å². The average Bonchev–Trinajstić information content (AvgIpc) is 2.72. The highest BCUT2D eigenvalue weighted by molar-refractivity contribution is 5.59. The maximum Gasteiger partial charge on any atom is 0.129 e. The van der Waals surface area contributed by atoms with Crippen LogP contribution in [-0.2, 0) is 4.74 Å². The van der Waals surface area contributed by atoms with Crippen molar-refractivity contribution in [2.75, 3.05) is 6.61 Å². The van der Waals surface area contributed by atoms with Crippen molar-refractivity contribution in [3.63, 3.8) is 0 Å². The molecular formula is C12H13FO. The molecule has 0 amide bonds. The largest absolute Gasteiger partial charge is 0.374 e. The lowest BCUT2D eigenvalue weighted by molar-refractivity contribution is 0.145. The third-order valence-corrected chi connectivity index (χ3v) is 2.35. The SMILES string of the molecule is F/C(=C\C1CCCO1)c1ccccc1. The van der Waals surface area contributed by atoms with Crippen LogP contribution in [0.4, 0.5) is 4.39 Å². The second-order valence-corrected chi connectivity index (χ2v) is 3.43. The van der Waals surface area contributed by atoms with Gasteiger partial charge < -0.3 is 4.74 Å². The molecule has 2 rings (SSSR count). The van der Waals surface area contributed by atoms with Crippen LogP contribution in [0.5, 0.6) is 0 Å². The van der Waals surface area contributed by atoms with Gasteiger partial charge in [0.2, 0.25) is 0 Å². The molecule has 1 nitrogen and oxygen atoms in total. The van der Waals surface area contributed by atoms with Crippen molar-refractivity contribution in [1.29, 1.82) is 0 Å². The molecule has 1 aliphatic rings. The van der Waals surface area contributed by atoms with E-state index in [1.165, 1.54) is 0 Å². The van der Waals surface area contributed by atoms with Gasteiger partial charge in [0.05, 0.1) is 6.10 Å². The summed E-state index contributed by atoms with van der Waals surface area (Å²) in [5, 5.41) is 0. The summed E-state index contributed by atoms with van der Waals surface area (Å²) in [6.07, 6.45) is 3.50. The molecule has 2 heteroatoms. The lowest BCUT2D eigenvalue weighted by atomic mass is 10.1. The van der Waals surface area contributed by atoms with Crippen molar-refractivity contribution >= 4 is 5.83 Å². The summed E-state index contributed by atoms with van der Waals surface area (Å²) in [6, 6.07) is 9.07.